The molecule has 0 fully saturated rings. The average molecular weight is 364 g/mol. The highest BCUT2D eigenvalue weighted by molar-refractivity contribution is 5.97. The molecule has 1 aliphatic carbocycles. The van der Waals surface area contributed by atoms with E-state index < -0.39 is 6.04 Å². The molecular formula is C23H28N2O2. The zero-order valence-electron chi connectivity index (χ0n) is 16.3. The third-order valence-electron chi connectivity index (χ3n) is 5.24. The number of fused-ring (bicyclic) bond motifs is 1. The number of amides is 2. The van der Waals surface area contributed by atoms with Crippen molar-refractivity contribution in [2.75, 3.05) is 0 Å². The molecule has 0 radical (unpaired) electrons. The van der Waals surface area contributed by atoms with Gasteiger partial charge in [-0.1, -0.05) is 55.8 Å². The van der Waals surface area contributed by atoms with Gasteiger partial charge in [0.25, 0.3) is 5.91 Å². The zero-order valence-corrected chi connectivity index (χ0v) is 16.3. The molecule has 0 spiro atoms. The van der Waals surface area contributed by atoms with Crippen LogP contribution in [0.3, 0.4) is 0 Å². The van der Waals surface area contributed by atoms with Crippen LogP contribution in [0, 0.1) is 12.8 Å². The largest absolute Gasteiger partial charge is 0.347 e. The molecule has 2 atom stereocenters. The first-order chi connectivity index (χ1) is 13.0. The van der Waals surface area contributed by atoms with E-state index in [1.165, 1.54) is 11.1 Å². The topological polar surface area (TPSA) is 58.2 Å². The molecule has 4 nitrogen and oxygen atoms in total. The van der Waals surface area contributed by atoms with Crippen molar-refractivity contribution in [2.45, 2.75) is 52.1 Å². The maximum atomic E-state index is 13.0. The molecule has 0 saturated carbocycles. The van der Waals surface area contributed by atoms with Gasteiger partial charge in [0.05, 0.1) is 6.04 Å². The molecule has 2 aromatic carbocycles. The van der Waals surface area contributed by atoms with E-state index in [-0.39, 0.29) is 23.8 Å². The molecule has 0 saturated heterocycles. The standard InChI is InChI=1S/C23H28N2O2/c1-15(2)21(25-22(26)18-13-11-16(3)12-14-18)23(27)24-20-10-6-8-17-7-4-5-9-19(17)20/h4-5,7,9,11-15,20-21H,6,8,10H2,1-3H3,(H,24,27)(H,25,26). The quantitative estimate of drug-likeness (QED) is 0.844. The van der Waals surface area contributed by atoms with Crippen molar-refractivity contribution < 1.29 is 9.59 Å². The first kappa shape index (κ1) is 19.2. The molecule has 2 aromatic rings. The molecular weight excluding hydrogens is 336 g/mol. The van der Waals surface area contributed by atoms with Crippen LogP contribution >= 0.6 is 0 Å². The van der Waals surface area contributed by atoms with Crippen LogP contribution < -0.4 is 10.6 Å². The molecule has 142 valence electrons. The van der Waals surface area contributed by atoms with Crippen LogP contribution in [-0.2, 0) is 11.2 Å². The van der Waals surface area contributed by atoms with E-state index in [1.807, 2.05) is 45.0 Å². The van der Waals surface area contributed by atoms with Crippen molar-refractivity contribution in [1.82, 2.24) is 10.6 Å². The molecule has 0 aromatic heterocycles. The lowest BCUT2D eigenvalue weighted by atomic mass is 9.87. The predicted molar refractivity (Wildman–Crippen MR) is 108 cm³/mol. The number of nitrogens with one attached hydrogen (secondary N) is 2. The van der Waals surface area contributed by atoms with Crippen LogP contribution in [-0.4, -0.2) is 17.9 Å². The lowest BCUT2D eigenvalue weighted by molar-refractivity contribution is -0.124. The number of hydrogen-bond acceptors (Lipinski definition) is 2. The summed E-state index contributed by atoms with van der Waals surface area (Å²) in [6.45, 7) is 5.89. The van der Waals surface area contributed by atoms with Gasteiger partial charge < -0.3 is 10.6 Å². The molecule has 2 unspecified atom stereocenters. The summed E-state index contributed by atoms with van der Waals surface area (Å²) in [5.41, 5.74) is 4.17. The van der Waals surface area contributed by atoms with Crippen LogP contribution in [0.1, 0.15) is 59.8 Å². The Morgan fingerprint density at radius 3 is 2.44 bits per heavy atom. The Hall–Kier alpha value is -2.62. The molecule has 27 heavy (non-hydrogen) atoms. The van der Waals surface area contributed by atoms with Gasteiger partial charge in [-0.25, -0.2) is 0 Å². The first-order valence-corrected chi connectivity index (χ1v) is 9.71. The van der Waals surface area contributed by atoms with Crippen molar-refractivity contribution in [3.8, 4) is 0 Å². The van der Waals surface area contributed by atoms with E-state index in [2.05, 4.69) is 22.8 Å². The molecule has 4 heteroatoms. The summed E-state index contributed by atoms with van der Waals surface area (Å²) >= 11 is 0. The Balaban J connectivity index is 1.71. The highest BCUT2D eigenvalue weighted by Crippen LogP contribution is 2.29. The second-order valence-electron chi connectivity index (χ2n) is 7.71. The first-order valence-electron chi connectivity index (χ1n) is 9.71. The van der Waals surface area contributed by atoms with E-state index in [1.54, 1.807) is 12.1 Å². The van der Waals surface area contributed by atoms with Gasteiger partial charge in [0.2, 0.25) is 5.91 Å². The van der Waals surface area contributed by atoms with Crippen LogP contribution in [0.5, 0.6) is 0 Å². The van der Waals surface area contributed by atoms with Gasteiger partial charge in [-0.2, -0.15) is 0 Å². The molecule has 2 N–H and O–H groups in total. The average Bonchev–Trinajstić information content (AvgIpc) is 2.66. The van der Waals surface area contributed by atoms with E-state index in [4.69, 9.17) is 0 Å². The minimum absolute atomic E-state index is 0.00164. The maximum Gasteiger partial charge on any atom is 0.251 e. The summed E-state index contributed by atoms with van der Waals surface area (Å²) in [5, 5.41) is 6.08. The second kappa shape index (κ2) is 8.38. The van der Waals surface area contributed by atoms with Crippen molar-refractivity contribution in [1.29, 1.82) is 0 Å². The monoisotopic (exact) mass is 364 g/mol. The van der Waals surface area contributed by atoms with E-state index in [9.17, 15) is 9.59 Å². The summed E-state index contributed by atoms with van der Waals surface area (Å²) in [6.07, 6.45) is 3.05. The van der Waals surface area contributed by atoms with Crippen molar-refractivity contribution in [2.24, 2.45) is 5.92 Å². The van der Waals surface area contributed by atoms with Crippen molar-refractivity contribution >= 4 is 11.8 Å². The molecule has 2 amide bonds. The number of carbonyl (C=O) groups is 2. The fourth-order valence-corrected chi connectivity index (χ4v) is 3.63. The van der Waals surface area contributed by atoms with Gasteiger partial charge in [0, 0.05) is 5.56 Å². The van der Waals surface area contributed by atoms with Crippen molar-refractivity contribution in [3.05, 3.63) is 70.8 Å². The summed E-state index contributed by atoms with van der Waals surface area (Å²) in [5.74, 6) is -0.335. The smallest absolute Gasteiger partial charge is 0.251 e. The summed E-state index contributed by atoms with van der Waals surface area (Å²) in [6, 6.07) is 15.1. The predicted octanol–water partition coefficient (Wildman–Crippen LogP) is 3.94. The summed E-state index contributed by atoms with van der Waals surface area (Å²) in [7, 11) is 0. The van der Waals surface area contributed by atoms with Gasteiger partial charge in [-0.05, 0) is 55.4 Å². The van der Waals surface area contributed by atoms with Crippen LogP contribution in [0.2, 0.25) is 0 Å². The SMILES string of the molecule is Cc1ccc(C(=O)NC(C(=O)NC2CCCc3ccccc32)C(C)C)cc1. The van der Waals surface area contributed by atoms with Gasteiger partial charge in [0.1, 0.15) is 6.04 Å². The molecule has 1 aliphatic rings. The number of rotatable bonds is 5. The third kappa shape index (κ3) is 4.57. The van der Waals surface area contributed by atoms with E-state index >= 15 is 0 Å². The van der Waals surface area contributed by atoms with Gasteiger partial charge in [-0.15, -0.1) is 0 Å². The summed E-state index contributed by atoms with van der Waals surface area (Å²) in [4.78, 5) is 25.5. The molecule has 0 bridgehead atoms. The van der Waals surface area contributed by atoms with Crippen LogP contribution in [0.25, 0.3) is 0 Å². The zero-order chi connectivity index (χ0) is 19.4. The fourth-order valence-electron chi connectivity index (χ4n) is 3.63. The number of hydrogen-bond donors (Lipinski definition) is 2. The highest BCUT2D eigenvalue weighted by Gasteiger charge is 2.28. The fraction of sp³-hybridized carbons (Fsp3) is 0.391. The minimum atomic E-state index is -0.562. The van der Waals surface area contributed by atoms with Gasteiger partial charge in [-0.3, -0.25) is 9.59 Å². The minimum Gasteiger partial charge on any atom is -0.347 e. The lowest BCUT2D eigenvalue weighted by Gasteiger charge is -2.29. The highest BCUT2D eigenvalue weighted by atomic mass is 16.2. The van der Waals surface area contributed by atoms with E-state index in [0.29, 0.717) is 5.56 Å². The Labute approximate surface area is 161 Å². The molecule has 3 rings (SSSR count). The Bertz CT molecular complexity index is 811. The summed E-state index contributed by atoms with van der Waals surface area (Å²) < 4.78 is 0. The molecule has 0 aliphatic heterocycles. The number of benzene rings is 2. The third-order valence-corrected chi connectivity index (χ3v) is 5.24. The van der Waals surface area contributed by atoms with Crippen LogP contribution in [0.4, 0.5) is 0 Å². The molecule has 0 heterocycles. The van der Waals surface area contributed by atoms with Gasteiger partial charge in [0.15, 0.2) is 0 Å². The number of carbonyl (C=O) groups excluding carboxylic acids is 2. The maximum absolute atomic E-state index is 13.0. The number of aryl methyl sites for hydroxylation is 2. The second-order valence-corrected chi connectivity index (χ2v) is 7.71. The Kier molecular flexibility index (Phi) is 5.94. The van der Waals surface area contributed by atoms with E-state index in [0.717, 1.165) is 24.8 Å². The van der Waals surface area contributed by atoms with Crippen molar-refractivity contribution in [3.63, 3.8) is 0 Å². The lowest BCUT2D eigenvalue weighted by Crippen LogP contribution is -2.50. The van der Waals surface area contributed by atoms with Crippen LogP contribution in [0.15, 0.2) is 48.5 Å². The van der Waals surface area contributed by atoms with Gasteiger partial charge >= 0.3 is 0 Å². The Morgan fingerprint density at radius 1 is 1.04 bits per heavy atom. The normalized spacial score (nSPS) is 17.1. The Morgan fingerprint density at radius 2 is 1.74 bits per heavy atom.